The number of amides is 1. The van der Waals surface area contributed by atoms with E-state index in [4.69, 9.17) is 38.4 Å². The molecule has 358 valence electrons. The van der Waals surface area contributed by atoms with Gasteiger partial charge in [-0.2, -0.15) is 0 Å². The van der Waals surface area contributed by atoms with Crippen molar-refractivity contribution in [3.05, 3.63) is 50.7 Å². The number of methoxy groups -OCH3 is 1. The molecular formula is C48H68N4O13. The number of aliphatic carboxylic acids is 1. The van der Waals surface area contributed by atoms with Crippen LogP contribution in [-0.2, 0) is 49.3 Å². The van der Waals surface area contributed by atoms with Crippen LogP contribution >= 0.6 is 0 Å². The summed E-state index contributed by atoms with van der Waals surface area (Å²) in [5.41, 5.74) is 8.57. The second-order valence-corrected chi connectivity index (χ2v) is 19.1. The van der Waals surface area contributed by atoms with E-state index in [0.717, 1.165) is 32.1 Å². The maximum absolute atomic E-state index is 13.6. The van der Waals surface area contributed by atoms with Gasteiger partial charge in [0.2, 0.25) is 5.91 Å². The van der Waals surface area contributed by atoms with Gasteiger partial charge in [-0.25, -0.2) is 9.59 Å². The summed E-state index contributed by atoms with van der Waals surface area (Å²) >= 11 is 0. The largest absolute Gasteiger partial charge is 0.497 e. The summed E-state index contributed by atoms with van der Waals surface area (Å²) in [6.07, 6.45) is 9.16. The molecule has 2 aromatic rings. The third kappa shape index (κ3) is 12.6. The first-order valence-corrected chi connectivity index (χ1v) is 23.5. The van der Waals surface area contributed by atoms with Gasteiger partial charge in [-0.05, 0) is 134 Å². The third-order valence-electron chi connectivity index (χ3n) is 15.5. The summed E-state index contributed by atoms with van der Waals surface area (Å²) in [5.74, 6) is 0.859. The zero-order valence-corrected chi connectivity index (χ0v) is 38.5. The molecule has 1 aromatic heterocycles. The van der Waals surface area contributed by atoms with Crippen LogP contribution in [0.3, 0.4) is 0 Å². The van der Waals surface area contributed by atoms with E-state index in [-0.39, 0.29) is 41.5 Å². The summed E-state index contributed by atoms with van der Waals surface area (Å²) in [5, 5.41) is 16.2. The van der Waals surface area contributed by atoms with E-state index in [1.54, 1.807) is 18.2 Å². The Labute approximate surface area is 380 Å². The lowest BCUT2D eigenvalue weighted by molar-refractivity contribution is -0.167. The molecule has 10 atom stereocenters. The number of azide groups is 1. The Morgan fingerprint density at radius 3 is 2.35 bits per heavy atom. The van der Waals surface area contributed by atoms with Crippen molar-refractivity contribution >= 4 is 34.8 Å². The van der Waals surface area contributed by atoms with Crippen molar-refractivity contribution in [2.24, 2.45) is 51.5 Å². The first kappa shape index (κ1) is 49.7. The molecule has 1 aromatic carbocycles. The summed E-state index contributed by atoms with van der Waals surface area (Å²) in [6, 6.07) is 4.74. The number of rotatable bonds is 24. The Balaban J connectivity index is 0.934. The minimum Gasteiger partial charge on any atom is -0.497 e. The maximum Gasteiger partial charge on any atom is 0.336 e. The van der Waals surface area contributed by atoms with Crippen LogP contribution < -0.4 is 15.7 Å². The number of nitrogens with zero attached hydrogens (tertiary/aromatic N) is 3. The fraction of sp³-hybridized carbons (Fsp3) is 0.729. The number of hydrogen-bond donors (Lipinski definition) is 2. The van der Waals surface area contributed by atoms with E-state index < -0.39 is 35.9 Å². The first-order chi connectivity index (χ1) is 31.2. The molecule has 17 nitrogen and oxygen atoms in total. The minimum absolute atomic E-state index is 0.117. The van der Waals surface area contributed by atoms with Crippen molar-refractivity contribution in [1.29, 1.82) is 0 Å². The van der Waals surface area contributed by atoms with Crippen molar-refractivity contribution in [2.75, 3.05) is 59.9 Å². The Hall–Kier alpha value is -4.70. The summed E-state index contributed by atoms with van der Waals surface area (Å²) in [6.45, 7) is 10.1. The molecule has 4 aliphatic carbocycles. The highest BCUT2D eigenvalue weighted by Crippen LogP contribution is 2.68. The summed E-state index contributed by atoms with van der Waals surface area (Å²) in [4.78, 5) is 66.4. The quantitative estimate of drug-likeness (QED) is 0.0265. The van der Waals surface area contributed by atoms with Crippen molar-refractivity contribution in [3.63, 3.8) is 0 Å². The number of fused-ring (bicyclic) bond motifs is 6. The predicted molar refractivity (Wildman–Crippen MR) is 238 cm³/mol. The molecule has 1 amide bonds. The zero-order chi connectivity index (χ0) is 46.6. The smallest absolute Gasteiger partial charge is 0.336 e. The number of hydrogen-bond acceptors (Lipinski definition) is 13. The second kappa shape index (κ2) is 23.2. The second-order valence-electron chi connectivity index (χ2n) is 19.1. The van der Waals surface area contributed by atoms with Gasteiger partial charge in [-0.3, -0.25) is 14.4 Å². The van der Waals surface area contributed by atoms with Gasteiger partial charge in [0.1, 0.15) is 30.1 Å². The van der Waals surface area contributed by atoms with Crippen LogP contribution in [0.1, 0.15) is 103 Å². The van der Waals surface area contributed by atoms with Crippen LogP contribution in [-0.4, -0.2) is 101 Å². The van der Waals surface area contributed by atoms with Crippen LogP contribution in [0, 0.1) is 46.3 Å². The van der Waals surface area contributed by atoms with Gasteiger partial charge in [0.05, 0.1) is 59.6 Å². The molecule has 0 radical (unpaired) electrons. The molecule has 4 saturated carbocycles. The fourth-order valence-electron chi connectivity index (χ4n) is 12.3. The van der Waals surface area contributed by atoms with Gasteiger partial charge in [0.15, 0.2) is 0 Å². The number of benzene rings is 1. The topological polar surface area (TPSA) is 235 Å². The van der Waals surface area contributed by atoms with Crippen molar-refractivity contribution in [2.45, 2.75) is 116 Å². The van der Waals surface area contributed by atoms with Gasteiger partial charge in [-0.15, -0.1) is 0 Å². The standard InChI is InChI=1S/C48H68N4O13/c1-30(5-12-44(56)63-24-23-62-22-21-61-20-19-60-18-17-50-52-49)37-10-11-38-36-8-6-32-27-34(13-15-47(32,2)39(36)14-16-48(37,38)3)64-46(58)40(29-43(54)55)51-42(53)25-31-26-45(57)65-41-28-33(59-4)7-9-35(31)41/h7,9,26,28,30,32,34,36-40H,5-6,8,10-25,27,29H2,1-4H3,(H,51,53)(H,54,55)/t30-,32-,34-,36+,37-,38+,39+,40+,47+,48-/m1/s1. The van der Waals surface area contributed by atoms with Gasteiger partial charge in [0, 0.05) is 35.4 Å². The van der Waals surface area contributed by atoms with Crippen LogP contribution in [0.2, 0.25) is 0 Å². The molecule has 0 bridgehead atoms. The maximum atomic E-state index is 13.6. The Morgan fingerprint density at radius 2 is 1.63 bits per heavy atom. The number of carboxylic acids is 1. The number of nitrogens with one attached hydrogen (secondary N) is 1. The Morgan fingerprint density at radius 1 is 0.923 bits per heavy atom. The van der Waals surface area contributed by atoms with E-state index in [1.807, 2.05) is 0 Å². The van der Waals surface area contributed by atoms with Gasteiger partial charge >= 0.3 is 23.5 Å². The molecule has 65 heavy (non-hydrogen) atoms. The normalized spacial score (nSPS) is 27.8. The van der Waals surface area contributed by atoms with Crippen molar-refractivity contribution in [3.8, 4) is 5.75 Å². The lowest BCUT2D eigenvalue weighted by atomic mass is 9.44. The summed E-state index contributed by atoms with van der Waals surface area (Å²) in [7, 11) is 1.49. The molecule has 6 rings (SSSR count). The molecule has 17 heteroatoms. The molecule has 0 spiro atoms. The molecular weight excluding hydrogens is 841 g/mol. The molecule has 1 heterocycles. The van der Waals surface area contributed by atoms with E-state index in [1.165, 1.54) is 32.4 Å². The van der Waals surface area contributed by atoms with Crippen LogP contribution in [0.25, 0.3) is 21.4 Å². The molecule has 0 saturated heterocycles. The average Bonchev–Trinajstić information content (AvgIpc) is 3.63. The van der Waals surface area contributed by atoms with Gasteiger partial charge < -0.3 is 43.3 Å². The molecule has 0 aliphatic heterocycles. The first-order valence-electron chi connectivity index (χ1n) is 23.5. The molecule has 0 unspecified atom stereocenters. The van der Waals surface area contributed by atoms with E-state index in [0.29, 0.717) is 118 Å². The van der Waals surface area contributed by atoms with Crippen molar-refractivity contribution in [1.82, 2.24) is 5.32 Å². The number of carbonyl (C=O) groups is 4. The molecule has 4 fully saturated rings. The summed E-state index contributed by atoms with van der Waals surface area (Å²) < 4.78 is 38.3. The van der Waals surface area contributed by atoms with Crippen LogP contribution in [0.15, 0.2) is 38.6 Å². The number of ether oxygens (including phenoxy) is 6. The number of carboxylic acid groups (broad SMARTS) is 1. The molecule has 4 aliphatic rings. The van der Waals surface area contributed by atoms with E-state index >= 15 is 0 Å². The third-order valence-corrected chi connectivity index (χ3v) is 15.5. The number of esters is 2. The minimum atomic E-state index is -1.38. The fourth-order valence-corrected chi connectivity index (χ4v) is 12.3. The van der Waals surface area contributed by atoms with E-state index in [9.17, 15) is 29.1 Å². The van der Waals surface area contributed by atoms with Crippen molar-refractivity contribution < 1.29 is 57.1 Å². The zero-order valence-electron chi connectivity index (χ0n) is 38.5. The monoisotopic (exact) mass is 908 g/mol. The lowest BCUT2D eigenvalue weighted by Crippen LogP contribution is -2.54. The highest BCUT2D eigenvalue weighted by atomic mass is 16.6. The number of carbonyl (C=O) groups excluding carboxylic acids is 3. The average molecular weight is 909 g/mol. The van der Waals surface area contributed by atoms with Crippen LogP contribution in [0.4, 0.5) is 0 Å². The Kier molecular flexibility index (Phi) is 17.7. The Bertz CT molecular complexity index is 2070. The van der Waals surface area contributed by atoms with Crippen LogP contribution in [0.5, 0.6) is 5.75 Å². The predicted octanol–water partition coefficient (Wildman–Crippen LogP) is 7.19. The molecule has 2 N–H and O–H groups in total. The van der Waals surface area contributed by atoms with E-state index in [2.05, 4.69) is 36.1 Å². The highest BCUT2D eigenvalue weighted by Gasteiger charge is 2.60. The lowest BCUT2D eigenvalue weighted by Gasteiger charge is -2.61. The van der Waals surface area contributed by atoms with Gasteiger partial charge in [0.25, 0.3) is 0 Å². The highest BCUT2D eigenvalue weighted by molar-refractivity contribution is 5.91. The SMILES string of the molecule is COc1ccc2c(CC(=O)N[C@@H](CC(=O)O)C(=O)O[C@@H]3CC[C@@]4(C)[C@H](CC[C@@H]5[C@@H]4CC[C@]4(C)[C@@H]([C@H](C)CCC(=O)OCCOCCOCCOCCN=[N+]=[N-])CC[C@@H]54)C3)cc(=O)oc2c1. The van der Waals surface area contributed by atoms with Gasteiger partial charge in [-0.1, -0.05) is 25.9 Å².